The number of carbonyl (C=O) groups is 1. The van der Waals surface area contributed by atoms with Crippen LogP contribution >= 0.6 is 11.6 Å². The Labute approximate surface area is 194 Å². The number of nitro groups is 1. The third kappa shape index (κ3) is 3.87. The number of benzene rings is 3. The van der Waals surface area contributed by atoms with Crippen molar-refractivity contribution in [1.82, 2.24) is 15.1 Å². The number of nitrogens with one attached hydrogen (secondary N) is 1. The SMILES string of the molecule is O=C1c2[nH]nc(-c3ccc(Cl)cc3)c2C(c2ccc([N+](=O)[O-])cc2)N1CCc1ccccc1. The Kier molecular flexibility index (Phi) is 5.40. The van der Waals surface area contributed by atoms with Crippen molar-refractivity contribution < 1.29 is 9.72 Å². The van der Waals surface area contributed by atoms with E-state index >= 15 is 0 Å². The Balaban J connectivity index is 1.57. The summed E-state index contributed by atoms with van der Waals surface area (Å²) in [6, 6.07) is 23.2. The summed E-state index contributed by atoms with van der Waals surface area (Å²) in [6.07, 6.45) is 0.685. The summed E-state index contributed by atoms with van der Waals surface area (Å²) in [5, 5.41) is 19.1. The monoisotopic (exact) mass is 458 g/mol. The van der Waals surface area contributed by atoms with E-state index in [1.165, 1.54) is 12.1 Å². The van der Waals surface area contributed by atoms with Gasteiger partial charge in [0.2, 0.25) is 0 Å². The molecule has 1 aromatic heterocycles. The molecule has 1 unspecified atom stereocenters. The van der Waals surface area contributed by atoms with Gasteiger partial charge >= 0.3 is 0 Å². The average molecular weight is 459 g/mol. The van der Waals surface area contributed by atoms with Crippen LogP contribution in [0.1, 0.15) is 33.2 Å². The first-order valence-corrected chi connectivity index (χ1v) is 10.8. The molecule has 0 spiro atoms. The van der Waals surface area contributed by atoms with Gasteiger partial charge in [0.1, 0.15) is 5.69 Å². The number of amides is 1. The van der Waals surface area contributed by atoms with Crippen molar-refractivity contribution in [1.29, 1.82) is 0 Å². The summed E-state index contributed by atoms with van der Waals surface area (Å²) in [7, 11) is 0. The van der Waals surface area contributed by atoms with Crippen molar-refractivity contribution in [2.24, 2.45) is 0 Å². The van der Waals surface area contributed by atoms with Crippen LogP contribution in [0.2, 0.25) is 5.02 Å². The minimum atomic E-state index is -0.431. The van der Waals surface area contributed by atoms with Gasteiger partial charge in [-0.3, -0.25) is 20.0 Å². The van der Waals surface area contributed by atoms with Crippen LogP contribution in [0.25, 0.3) is 11.3 Å². The Morgan fingerprint density at radius 1 is 1.00 bits per heavy atom. The van der Waals surface area contributed by atoms with Gasteiger partial charge in [-0.05, 0) is 41.8 Å². The van der Waals surface area contributed by atoms with Crippen molar-refractivity contribution in [2.75, 3.05) is 6.54 Å². The fraction of sp³-hybridized carbons (Fsp3) is 0.120. The topological polar surface area (TPSA) is 92.1 Å². The largest absolute Gasteiger partial charge is 0.326 e. The summed E-state index contributed by atoms with van der Waals surface area (Å²) in [6.45, 7) is 0.493. The molecule has 4 aromatic rings. The molecule has 7 nitrogen and oxygen atoms in total. The third-order valence-corrected chi connectivity index (χ3v) is 6.14. The van der Waals surface area contributed by atoms with Gasteiger partial charge < -0.3 is 4.90 Å². The van der Waals surface area contributed by atoms with Crippen molar-refractivity contribution in [3.05, 3.63) is 116 Å². The van der Waals surface area contributed by atoms with Crippen LogP contribution in [-0.2, 0) is 6.42 Å². The molecule has 0 radical (unpaired) electrons. The second-order valence-corrected chi connectivity index (χ2v) is 8.29. The summed E-state index contributed by atoms with van der Waals surface area (Å²) in [5.41, 5.74) is 4.63. The van der Waals surface area contributed by atoms with E-state index in [0.717, 1.165) is 22.3 Å². The van der Waals surface area contributed by atoms with Gasteiger partial charge in [0.15, 0.2) is 0 Å². The number of non-ortho nitro benzene ring substituents is 1. The standard InChI is InChI=1S/C25H19ClN4O3/c26-19-10-6-17(7-11-19)22-21-23(28-27-22)25(31)29(15-14-16-4-2-1-3-5-16)24(21)18-8-12-20(13-9-18)30(32)33/h1-13,24H,14-15H2,(H,27,28). The molecule has 2 heterocycles. The molecule has 3 aromatic carbocycles. The van der Waals surface area contributed by atoms with Crippen molar-refractivity contribution in [2.45, 2.75) is 12.5 Å². The number of halogens is 1. The van der Waals surface area contributed by atoms with Gasteiger partial charge in [0, 0.05) is 34.8 Å². The molecule has 1 aliphatic rings. The molecule has 0 saturated heterocycles. The van der Waals surface area contributed by atoms with E-state index in [9.17, 15) is 14.9 Å². The van der Waals surface area contributed by atoms with Crippen molar-refractivity contribution in [3.63, 3.8) is 0 Å². The van der Waals surface area contributed by atoms with Crippen LogP contribution in [-0.4, -0.2) is 32.5 Å². The lowest BCUT2D eigenvalue weighted by Crippen LogP contribution is -2.31. The highest BCUT2D eigenvalue weighted by atomic mass is 35.5. The number of nitrogens with zero attached hydrogens (tertiary/aromatic N) is 3. The van der Waals surface area contributed by atoms with Crippen LogP contribution in [0.4, 0.5) is 5.69 Å². The van der Waals surface area contributed by atoms with Crippen LogP contribution in [0.15, 0.2) is 78.9 Å². The molecule has 0 aliphatic carbocycles. The lowest BCUT2D eigenvalue weighted by molar-refractivity contribution is -0.384. The predicted molar refractivity (Wildman–Crippen MR) is 125 cm³/mol. The number of fused-ring (bicyclic) bond motifs is 1. The van der Waals surface area contributed by atoms with Crippen LogP contribution in [0.5, 0.6) is 0 Å². The number of aromatic nitrogens is 2. The second kappa shape index (κ2) is 8.52. The number of H-pyrrole nitrogens is 1. The van der Waals surface area contributed by atoms with Gasteiger partial charge in [-0.2, -0.15) is 5.10 Å². The second-order valence-electron chi connectivity index (χ2n) is 7.85. The third-order valence-electron chi connectivity index (χ3n) is 5.89. The van der Waals surface area contributed by atoms with Crippen LogP contribution < -0.4 is 0 Å². The fourth-order valence-electron chi connectivity index (χ4n) is 4.27. The summed E-state index contributed by atoms with van der Waals surface area (Å²) < 4.78 is 0. The summed E-state index contributed by atoms with van der Waals surface area (Å²) in [4.78, 5) is 25.9. The molecular weight excluding hydrogens is 440 g/mol. The first kappa shape index (κ1) is 20.9. The first-order valence-electron chi connectivity index (χ1n) is 10.5. The average Bonchev–Trinajstić information content (AvgIpc) is 3.38. The van der Waals surface area contributed by atoms with E-state index < -0.39 is 11.0 Å². The van der Waals surface area contributed by atoms with Crippen LogP contribution in [0.3, 0.4) is 0 Å². The van der Waals surface area contributed by atoms with Gasteiger partial charge in [-0.15, -0.1) is 0 Å². The maximum atomic E-state index is 13.4. The summed E-state index contributed by atoms with van der Waals surface area (Å²) in [5.74, 6) is -0.142. The highest BCUT2D eigenvalue weighted by Gasteiger charge is 2.42. The van der Waals surface area contributed by atoms with Gasteiger partial charge in [0.05, 0.1) is 16.7 Å². The Hall–Kier alpha value is -3.97. The zero-order valence-corrected chi connectivity index (χ0v) is 18.2. The Morgan fingerprint density at radius 3 is 2.36 bits per heavy atom. The van der Waals surface area contributed by atoms with Gasteiger partial charge in [-0.25, -0.2) is 0 Å². The molecule has 0 saturated carbocycles. The number of hydrogen-bond donors (Lipinski definition) is 1. The van der Waals surface area contributed by atoms with Gasteiger partial charge in [-0.1, -0.05) is 54.1 Å². The molecule has 1 aliphatic heterocycles. The minimum absolute atomic E-state index is 0.00394. The zero-order valence-electron chi connectivity index (χ0n) is 17.4. The number of hydrogen-bond acceptors (Lipinski definition) is 4. The zero-order chi connectivity index (χ0) is 22.9. The van der Waals surface area contributed by atoms with E-state index in [-0.39, 0.29) is 11.6 Å². The predicted octanol–water partition coefficient (Wildman–Crippen LogP) is 5.43. The van der Waals surface area contributed by atoms with E-state index in [4.69, 9.17) is 11.6 Å². The molecular formula is C25H19ClN4O3. The maximum Gasteiger partial charge on any atom is 0.273 e. The molecule has 164 valence electrons. The lowest BCUT2D eigenvalue weighted by Gasteiger charge is -2.26. The highest BCUT2D eigenvalue weighted by Crippen LogP contribution is 2.43. The molecule has 5 rings (SSSR count). The Bertz CT molecular complexity index is 1320. The van der Waals surface area contributed by atoms with Crippen molar-refractivity contribution >= 4 is 23.2 Å². The number of rotatable bonds is 6. The molecule has 0 bridgehead atoms. The molecule has 0 fully saturated rings. The first-order chi connectivity index (χ1) is 16.0. The lowest BCUT2D eigenvalue weighted by atomic mass is 9.95. The minimum Gasteiger partial charge on any atom is -0.326 e. The number of carbonyl (C=O) groups excluding carboxylic acids is 1. The Morgan fingerprint density at radius 2 is 1.70 bits per heavy atom. The van der Waals surface area contributed by atoms with Crippen molar-refractivity contribution in [3.8, 4) is 11.3 Å². The number of nitro benzene ring substituents is 1. The van der Waals surface area contributed by atoms with E-state index in [0.29, 0.717) is 29.4 Å². The van der Waals surface area contributed by atoms with E-state index in [1.54, 1.807) is 29.2 Å². The number of aromatic amines is 1. The molecule has 1 atom stereocenters. The molecule has 1 amide bonds. The highest BCUT2D eigenvalue weighted by molar-refractivity contribution is 6.30. The fourth-order valence-corrected chi connectivity index (χ4v) is 4.40. The van der Waals surface area contributed by atoms with E-state index in [1.807, 2.05) is 42.5 Å². The molecule has 33 heavy (non-hydrogen) atoms. The van der Waals surface area contributed by atoms with Gasteiger partial charge in [0.25, 0.3) is 11.6 Å². The molecule has 1 N–H and O–H groups in total. The van der Waals surface area contributed by atoms with E-state index in [2.05, 4.69) is 10.2 Å². The smallest absolute Gasteiger partial charge is 0.273 e. The van der Waals surface area contributed by atoms with Crippen LogP contribution in [0, 0.1) is 10.1 Å². The quantitative estimate of drug-likeness (QED) is 0.308. The molecule has 8 heteroatoms. The maximum absolute atomic E-state index is 13.4. The normalized spacial score (nSPS) is 15.0. The summed E-state index contributed by atoms with van der Waals surface area (Å²) >= 11 is 6.06.